The van der Waals surface area contributed by atoms with E-state index in [1.165, 1.54) is 18.5 Å². The summed E-state index contributed by atoms with van der Waals surface area (Å²) >= 11 is 0. The molecular formula is C15H21NO2. The van der Waals surface area contributed by atoms with Crippen molar-refractivity contribution in [1.82, 2.24) is 0 Å². The van der Waals surface area contributed by atoms with Crippen LogP contribution in [0.1, 0.15) is 30.1 Å². The molecule has 1 saturated carbocycles. The molecule has 0 spiro atoms. The van der Waals surface area contributed by atoms with Crippen LogP contribution in [0.4, 0.5) is 5.69 Å². The number of carbonyl (C=O) groups excluding carboxylic acids is 1. The van der Waals surface area contributed by atoms with E-state index in [4.69, 9.17) is 4.74 Å². The average molecular weight is 247 g/mol. The van der Waals surface area contributed by atoms with Crippen LogP contribution in [0.3, 0.4) is 0 Å². The van der Waals surface area contributed by atoms with E-state index < -0.39 is 0 Å². The van der Waals surface area contributed by atoms with Gasteiger partial charge in [-0.15, -0.1) is 0 Å². The topological polar surface area (TPSA) is 29.5 Å². The summed E-state index contributed by atoms with van der Waals surface area (Å²) in [6.07, 6.45) is 3.54. The van der Waals surface area contributed by atoms with Gasteiger partial charge in [0.25, 0.3) is 0 Å². The Bertz CT molecular complexity index is 384. The Morgan fingerprint density at radius 2 is 2.06 bits per heavy atom. The lowest BCUT2D eigenvalue weighted by molar-refractivity contribution is 0.112. The van der Waals surface area contributed by atoms with Gasteiger partial charge in [0.1, 0.15) is 6.29 Å². The Morgan fingerprint density at radius 3 is 2.56 bits per heavy atom. The second-order valence-electron chi connectivity index (χ2n) is 4.97. The van der Waals surface area contributed by atoms with Crippen molar-refractivity contribution < 1.29 is 9.53 Å². The van der Waals surface area contributed by atoms with Gasteiger partial charge in [0.05, 0.1) is 6.61 Å². The first-order valence-electron chi connectivity index (χ1n) is 6.57. The molecule has 18 heavy (non-hydrogen) atoms. The smallest absolute Gasteiger partial charge is 0.150 e. The van der Waals surface area contributed by atoms with Crippen LogP contribution in [0.25, 0.3) is 0 Å². The van der Waals surface area contributed by atoms with Crippen LogP contribution in [0.15, 0.2) is 24.3 Å². The Kier molecular flexibility index (Phi) is 4.37. The molecule has 98 valence electrons. The van der Waals surface area contributed by atoms with E-state index in [2.05, 4.69) is 11.8 Å². The molecule has 0 amide bonds. The maximum absolute atomic E-state index is 10.7. The Labute approximate surface area is 109 Å². The van der Waals surface area contributed by atoms with Gasteiger partial charge in [0.15, 0.2) is 0 Å². The van der Waals surface area contributed by atoms with Gasteiger partial charge in [0, 0.05) is 30.9 Å². The SMILES string of the molecule is COCCN(c1ccc(C=O)cc1)C(C)C1CC1. The van der Waals surface area contributed by atoms with E-state index in [1.54, 1.807) is 7.11 Å². The molecule has 0 bridgehead atoms. The van der Waals surface area contributed by atoms with Gasteiger partial charge in [-0.25, -0.2) is 0 Å². The average Bonchev–Trinajstić information content (AvgIpc) is 3.24. The molecule has 3 heteroatoms. The van der Waals surface area contributed by atoms with Crippen molar-refractivity contribution in [1.29, 1.82) is 0 Å². The highest BCUT2D eigenvalue weighted by atomic mass is 16.5. The molecule has 0 aromatic heterocycles. The number of anilines is 1. The molecule has 1 aliphatic carbocycles. The number of benzene rings is 1. The molecular weight excluding hydrogens is 226 g/mol. The molecule has 1 aromatic carbocycles. The summed E-state index contributed by atoms with van der Waals surface area (Å²) in [4.78, 5) is 13.1. The van der Waals surface area contributed by atoms with Crippen LogP contribution in [-0.2, 0) is 4.74 Å². The first kappa shape index (κ1) is 13.1. The fraction of sp³-hybridized carbons (Fsp3) is 0.533. The van der Waals surface area contributed by atoms with Crippen molar-refractivity contribution in [3.8, 4) is 0 Å². The van der Waals surface area contributed by atoms with Crippen molar-refractivity contribution >= 4 is 12.0 Å². The number of nitrogens with zero attached hydrogens (tertiary/aromatic N) is 1. The minimum atomic E-state index is 0.544. The molecule has 3 nitrogen and oxygen atoms in total. The molecule has 0 heterocycles. The van der Waals surface area contributed by atoms with Crippen LogP contribution in [0, 0.1) is 5.92 Å². The highest BCUT2D eigenvalue weighted by molar-refractivity contribution is 5.75. The monoisotopic (exact) mass is 247 g/mol. The molecule has 0 radical (unpaired) electrons. The molecule has 0 saturated heterocycles. The number of hydrogen-bond donors (Lipinski definition) is 0. The molecule has 2 rings (SSSR count). The van der Waals surface area contributed by atoms with Crippen molar-refractivity contribution in [2.75, 3.05) is 25.2 Å². The molecule has 0 aliphatic heterocycles. The molecule has 1 aromatic rings. The summed E-state index contributed by atoms with van der Waals surface area (Å²) in [5.41, 5.74) is 1.90. The number of hydrogen-bond acceptors (Lipinski definition) is 3. The number of carbonyl (C=O) groups is 1. The zero-order valence-electron chi connectivity index (χ0n) is 11.1. The van der Waals surface area contributed by atoms with E-state index in [-0.39, 0.29) is 0 Å². The van der Waals surface area contributed by atoms with E-state index >= 15 is 0 Å². The predicted molar refractivity (Wildman–Crippen MR) is 73.2 cm³/mol. The van der Waals surface area contributed by atoms with Crippen molar-refractivity contribution in [3.63, 3.8) is 0 Å². The first-order chi connectivity index (χ1) is 8.76. The lowest BCUT2D eigenvalue weighted by Gasteiger charge is -2.31. The Hall–Kier alpha value is -1.35. The number of aldehydes is 1. The van der Waals surface area contributed by atoms with Crippen LogP contribution >= 0.6 is 0 Å². The molecule has 1 aliphatic rings. The van der Waals surface area contributed by atoms with Crippen molar-refractivity contribution in [3.05, 3.63) is 29.8 Å². The molecule has 1 fully saturated rings. The van der Waals surface area contributed by atoms with Gasteiger partial charge in [-0.2, -0.15) is 0 Å². The van der Waals surface area contributed by atoms with E-state index in [1.807, 2.05) is 24.3 Å². The number of methoxy groups -OCH3 is 1. The third-order valence-electron chi connectivity index (χ3n) is 3.69. The lowest BCUT2D eigenvalue weighted by atomic mass is 10.1. The Morgan fingerprint density at radius 1 is 1.39 bits per heavy atom. The molecule has 1 atom stereocenters. The van der Waals surface area contributed by atoms with E-state index in [0.717, 1.165) is 30.9 Å². The fourth-order valence-electron chi connectivity index (χ4n) is 2.33. The number of rotatable bonds is 7. The standard InChI is InChI=1S/C15H21NO2/c1-12(14-5-6-14)16(9-10-18-2)15-7-3-13(11-17)4-8-15/h3-4,7-8,11-12,14H,5-6,9-10H2,1-2H3. The second kappa shape index (κ2) is 6.01. The minimum absolute atomic E-state index is 0.544. The van der Waals surface area contributed by atoms with Gasteiger partial charge >= 0.3 is 0 Å². The highest BCUT2D eigenvalue weighted by Crippen LogP contribution is 2.36. The zero-order chi connectivity index (χ0) is 13.0. The minimum Gasteiger partial charge on any atom is -0.383 e. The van der Waals surface area contributed by atoms with Crippen LogP contribution in [0.5, 0.6) is 0 Å². The van der Waals surface area contributed by atoms with Gasteiger partial charge in [0.2, 0.25) is 0 Å². The van der Waals surface area contributed by atoms with Crippen molar-refractivity contribution in [2.24, 2.45) is 5.92 Å². The van der Waals surface area contributed by atoms with Gasteiger partial charge in [-0.1, -0.05) is 0 Å². The van der Waals surface area contributed by atoms with E-state index in [9.17, 15) is 4.79 Å². The van der Waals surface area contributed by atoms with Gasteiger partial charge in [-0.3, -0.25) is 4.79 Å². The van der Waals surface area contributed by atoms with Gasteiger partial charge < -0.3 is 9.64 Å². The number of ether oxygens (including phenoxy) is 1. The summed E-state index contributed by atoms with van der Waals surface area (Å²) in [6.45, 7) is 3.90. The third-order valence-corrected chi connectivity index (χ3v) is 3.69. The quantitative estimate of drug-likeness (QED) is 0.694. The highest BCUT2D eigenvalue weighted by Gasteiger charge is 2.31. The maximum Gasteiger partial charge on any atom is 0.150 e. The fourth-order valence-corrected chi connectivity index (χ4v) is 2.33. The second-order valence-corrected chi connectivity index (χ2v) is 4.97. The Balaban J connectivity index is 2.12. The normalized spacial score (nSPS) is 16.3. The summed E-state index contributed by atoms with van der Waals surface area (Å²) in [5.74, 6) is 0.813. The summed E-state index contributed by atoms with van der Waals surface area (Å²) in [6, 6.07) is 8.35. The lowest BCUT2D eigenvalue weighted by Crippen LogP contribution is -2.37. The van der Waals surface area contributed by atoms with Gasteiger partial charge in [-0.05, 0) is 49.9 Å². The zero-order valence-corrected chi connectivity index (χ0v) is 11.1. The van der Waals surface area contributed by atoms with E-state index in [0.29, 0.717) is 6.04 Å². The van der Waals surface area contributed by atoms with Crippen LogP contribution in [0.2, 0.25) is 0 Å². The summed E-state index contributed by atoms with van der Waals surface area (Å²) < 4.78 is 5.19. The summed E-state index contributed by atoms with van der Waals surface area (Å²) in [7, 11) is 1.73. The largest absolute Gasteiger partial charge is 0.383 e. The predicted octanol–water partition coefficient (Wildman–Crippen LogP) is 2.75. The van der Waals surface area contributed by atoms with Crippen molar-refractivity contribution in [2.45, 2.75) is 25.8 Å². The molecule has 1 unspecified atom stereocenters. The molecule has 0 N–H and O–H groups in total. The van der Waals surface area contributed by atoms with Crippen LogP contribution in [-0.4, -0.2) is 32.6 Å². The van der Waals surface area contributed by atoms with Crippen LogP contribution < -0.4 is 4.90 Å². The summed E-state index contributed by atoms with van der Waals surface area (Å²) in [5, 5.41) is 0. The first-order valence-corrected chi connectivity index (χ1v) is 6.57. The third kappa shape index (κ3) is 3.10. The maximum atomic E-state index is 10.7.